The van der Waals surface area contributed by atoms with Crippen molar-refractivity contribution in [2.75, 3.05) is 6.61 Å². The molecule has 1 aromatic carbocycles. The Bertz CT molecular complexity index is 563. The molecule has 0 saturated heterocycles. The van der Waals surface area contributed by atoms with E-state index in [9.17, 15) is 18.0 Å². The molecule has 0 radical (unpaired) electrons. The zero-order valence-electron chi connectivity index (χ0n) is 13.0. The predicted octanol–water partition coefficient (Wildman–Crippen LogP) is 4.75. The summed E-state index contributed by atoms with van der Waals surface area (Å²) < 4.78 is 49.8. The van der Waals surface area contributed by atoms with Crippen LogP contribution in [-0.4, -0.2) is 18.3 Å². The number of amides is 1. The van der Waals surface area contributed by atoms with Crippen LogP contribution in [0, 0.1) is 5.92 Å². The molecule has 1 aromatic rings. The van der Waals surface area contributed by atoms with E-state index in [0.29, 0.717) is 6.42 Å². The van der Waals surface area contributed by atoms with E-state index in [-0.39, 0.29) is 22.7 Å². The Balaban J connectivity index is 3.00. The van der Waals surface area contributed by atoms with Gasteiger partial charge in [-0.2, -0.15) is 13.2 Å². The van der Waals surface area contributed by atoms with Crippen molar-refractivity contribution >= 4 is 22.0 Å². The maximum atomic E-state index is 13.1. The molecule has 1 atom stereocenters. The van der Waals surface area contributed by atoms with E-state index in [4.69, 9.17) is 15.2 Å². The smallest absolute Gasteiger partial charge is 0.420 e. The van der Waals surface area contributed by atoms with Crippen LogP contribution in [0.4, 0.5) is 18.0 Å². The molecule has 0 aliphatic carbocycles. The summed E-state index contributed by atoms with van der Waals surface area (Å²) in [6, 6.07) is 3.59. The molecule has 0 heterocycles. The summed E-state index contributed by atoms with van der Waals surface area (Å²) in [5.41, 5.74) is 3.02. The molecule has 23 heavy (non-hydrogen) atoms. The molecule has 0 fully saturated rings. The minimum absolute atomic E-state index is 0.134. The predicted molar refractivity (Wildman–Crippen MR) is 83.2 cm³/mol. The van der Waals surface area contributed by atoms with Crippen LogP contribution < -0.4 is 10.5 Å². The second-order valence-corrected chi connectivity index (χ2v) is 6.81. The highest BCUT2D eigenvalue weighted by atomic mass is 79.9. The van der Waals surface area contributed by atoms with Crippen molar-refractivity contribution in [1.29, 1.82) is 0 Å². The molecule has 0 aromatic heterocycles. The van der Waals surface area contributed by atoms with Crippen LogP contribution in [-0.2, 0) is 10.9 Å². The Morgan fingerprint density at radius 3 is 2.43 bits per heavy atom. The Morgan fingerprint density at radius 1 is 1.35 bits per heavy atom. The molecular weight excluding hydrogens is 379 g/mol. The largest absolute Gasteiger partial charge is 0.489 e. The van der Waals surface area contributed by atoms with Gasteiger partial charge in [0.25, 0.3) is 0 Å². The molecule has 0 aliphatic heterocycles. The quantitative estimate of drug-likeness (QED) is 0.753. The molecule has 0 saturated carbocycles. The third-order valence-electron chi connectivity index (χ3n) is 2.97. The molecule has 0 unspecified atom stereocenters. The van der Waals surface area contributed by atoms with Gasteiger partial charge in [0.15, 0.2) is 0 Å². The van der Waals surface area contributed by atoms with Gasteiger partial charge in [0.05, 0.1) is 5.56 Å². The summed E-state index contributed by atoms with van der Waals surface area (Å²) in [6.07, 6.45) is -5.16. The molecule has 0 spiro atoms. The molecule has 130 valence electrons. The van der Waals surface area contributed by atoms with Gasteiger partial charge in [0.1, 0.15) is 18.0 Å². The van der Waals surface area contributed by atoms with Gasteiger partial charge in [-0.05, 0) is 37.5 Å². The van der Waals surface area contributed by atoms with Gasteiger partial charge in [-0.1, -0.05) is 29.8 Å². The average Bonchev–Trinajstić information content (AvgIpc) is 2.34. The second kappa shape index (κ2) is 7.42. The number of ether oxygens (including phenoxy) is 2. The third kappa shape index (κ3) is 6.29. The van der Waals surface area contributed by atoms with Crippen molar-refractivity contribution in [3.05, 3.63) is 28.2 Å². The minimum Gasteiger partial charge on any atom is -0.489 e. The minimum atomic E-state index is -4.56. The van der Waals surface area contributed by atoms with Crippen LogP contribution >= 0.6 is 15.9 Å². The maximum Gasteiger partial charge on any atom is 0.420 e. The second-order valence-electron chi connectivity index (χ2n) is 5.90. The zero-order chi connectivity index (χ0) is 17.8. The van der Waals surface area contributed by atoms with Crippen molar-refractivity contribution in [2.24, 2.45) is 11.7 Å². The van der Waals surface area contributed by atoms with E-state index in [1.54, 1.807) is 6.92 Å². The number of rotatable bonds is 6. The number of primary amides is 1. The molecule has 4 nitrogen and oxygen atoms in total. The van der Waals surface area contributed by atoms with Crippen molar-refractivity contribution in [3.8, 4) is 5.75 Å². The van der Waals surface area contributed by atoms with Gasteiger partial charge in [-0.25, -0.2) is 4.79 Å². The lowest BCUT2D eigenvalue weighted by atomic mass is 9.95. The summed E-state index contributed by atoms with van der Waals surface area (Å²) in [5, 5.41) is 0. The highest BCUT2D eigenvalue weighted by Gasteiger charge is 2.36. The first-order valence-corrected chi connectivity index (χ1v) is 7.70. The van der Waals surface area contributed by atoms with E-state index in [0.717, 1.165) is 6.07 Å². The van der Waals surface area contributed by atoms with Crippen LogP contribution in [0.2, 0.25) is 0 Å². The summed E-state index contributed by atoms with van der Waals surface area (Å²) in [6.45, 7) is 5.12. The zero-order valence-corrected chi connectivity index (χ0v) is 14.6. The van der Waals surface area contributed by atoms with Crippen molar-refractivity contribution in [1.82, 2.24) is 0 Å². The lowest BCUT2D eigenvalue weighted by Gasteiger charge is -2.30. The maximum absolute atomic E-state index is 13.1. The fraction of sp³-hybridized carbons (Fsp3) is 0.533. The summed E-state index contributed by atoms with van der Waals surface area (Å²) >= 11 is 3.00. The number of benzene rings is 1. The SMILES string of the molecule is CC(C)C[C@@](C)(COc1ccc(Br)cc1C(F)(F)F)OC(N)=O. The first kappa shape index (κ1) is 19.6. The number of hydrogen-bond acceptors (Lipinski definition) is 3. The molecule has 1 rings (SSSR count). The fourth-order valence-corrected chi connectivity index (χ4v) is 2.68. The van der Waals surface area contributed by atoms with Crippen LogP contribution in [0.5, 0.6) is 5.75 Å². The van der Waals surface area contributed by atoms with Crippen LogP contribution in [0.25, 0.3) is 0 Å². The summed E-state index contributed by atoms with van der Waals surface area (Å²) in [7, 11) is 0. The number of carbonyl (C=O) groups excluding carboxylic acids is 1. The Morgan fingerprint density at radius 2 is 1.96 bits per heavy atom. The monoisotopic (exact) mass is 397 g/mol. The standard InChI is InChI=1S/C15H19BrF3NO3/c1-9(2)7-14(3,23-13(20)21)8-22-12-5-4-10(16)6-11(12)15(17,18)19/h4-6,9H,7-8H2,1-3H3,(H2,20,21)/t14-/m0/s1. The first-order chi connectivity index (χ1) is 10.4. The van der Waals surface area contributed by atoms with Gasteiger partial charge in [0.2, 0.25) is 0 Å². The van der Waals surface area contributed by atoms with Gasteiger partial charge in [-0.15, -0.1) is 0 Å². The van der Waals surface area contributed by atoms with Gasteiger partial charge in [-0.3, -0.25) is 0 Å². The number of carbonyl (C=O) groups is 1. The number of alkyl halides is 3. The third-order valence-corrected chi connectivity index (χ3v) is 3.46. The van der Waals surface area contributed by atoms with Crippen LogP contribution in [0.1, 0.15) is 32.8 Å². The Kier molecular flexibility index (Phi) is 6.33. The lowest BCUT2D eigenvalue weighted by Crippen LogP contribution is -2.41. The highest BCUT2D eigenvalue weighted by Crippen LogP contribution is 2.38. The first-order valence-electron chi connectivity index (χ1n) is 6.91. The van der Waals surface area contributed by atoms with Crippen molar-refractivity contribution in [3.63, 3.8) is 0 Å². The molecule has 1 amide bonds. The molecular formula is C15H19BrF3NO3. The van der Waals surface area contributed by atoms with E-state index in [1.807, 2.05) is 13.8 Å². The van der Waals surface area contributed by atoms with E-state index >= 15 is 0 Å². The number of hydrogen-bond donors (Lipinski definition) is 1. The highest BCUT2D eigenvalue weighted by molar-refractivity contribution is 9.10. The normalized spacial score (nSPS) is 14.4. The topological polar surface area (TPSA) is 61.6 Å². The molecule has 0 bridgehead atoms. The number of nitrogens with two attached hydrogens (primary N) is 1. The summed E-state index contributed by atoms with van der Waals surface area (Å²) in [4.78, 5) is 11.0. The molecule has 0 aliphatic rings. The van der Waals surface area contributed by atoms with E-state index in [2.05, 4.69) is 15.9 Å². The van der Waals surface area contributed by atoms with Gasteiger partial charge >= 0.3 is 12.3 Å². The lowest BCUT2D eigenvalue weighted by molar-refractivity contribution is -0.139. The van der Waals surface area contributed by atoms with E-state index in [1.165, 1.54) is 12.1 Å². The van der Waals surface area contributed by atoms with Crippen molar-refractivity contribution in [2.45, 2.75) is 39.0 Å². The molecule has 2 N–H and O–H groups in total. The van der Waals surface area contributed by atoms with E-state index < -0.39 is 23.4 Å². The van der Waals surface area contributed by atoms with Crippen molar-refractivity contribution < 1.29 is 27.4 Å². The van der Waals surface area contributed by atoms with Crippen LogP contribution in [0.15, 0.2) is 22.7 Å². The number of halogens is 4. The fourth-order valence-electron chi connectivity index (χ4n) is 2.32. The van der Waals surface area contributed by atoms with Gasteiger partial charge < -0.3 is 15.2 Å². The summed E-state index contributed by atoms with van der Waals surface area (Å²) in [5.74, 6) is -0.196. The van der Waals surface area contributed by atoms with Gasteiger partial charge in [0, 0.05) is 4.47 Å². The Hall–Kier alpha value is -1.44. The van der Waals surface area contributed by atoms with Crippen LogP contribution in [0.3, 0.4) is 0 Å². The average molecular weight is 398 g/mol. The molecule has 8 heteroatoms. The Labute approximate surface area is 141 Å².